The van der Waals surface area contributed by atoms with Crippen molar-refractivity contribution in [2.24, 2.45) is 13.0 Å². The van der Waals surface area contributed by atoms with Gasteiger partial charge in [0, 0.05) is 49.7 Å². The fourth-order valence-electron chi connectivity index (χ4n) is 5.03. The number of nitrogens with zero attached hydrogens (tertiary/aromatic N) is 3. The van der Waals surface area contributed by atoms with Gasteiger partial charge >= 0.3 is 0 Å². The summed E-state index contributed by atoms with van der Waals surface area (Å²) in [5.41, 5.74) is 6.51. The van der Waals surface area contributed by atoms with E-state index in [-0.39, 0.29) is 17.6 Å². The van der Waals surface area contributed by atoms with Crippen LogP contribution < -0.4 is 15.5 Å². The summed E-state index contributed by atoms with van der Waals surface area (Å²) in [4.78, 5) is 28.2. The van der Waals surface area contributed by atoms with E-state index in [1.165, 1.54) is 0 Å². The molecule has 1 aliphatic carbocycles. The van der Waals surface area contributed by atoms with Crippen LogP contribution in [0.2, 0.25) is 0 Å². The van der Waals surface area contributed by atoms with Crippen molar-refractivity contribution in [1.29, 1.82) is 0 Å². The highest BCUT2D eigenvalue weighted by atomic mass is 16.2. The van der Waals surface area contributed by atoms with E-state index in [0.29, 0.717) is 18.2 Å². The SMILES string of the molecule is CC1=CC(=O)C(CNC(=O)c2cc(-c3cnn(C)c3)cc(N(C)C3CCNCC3)c2C)C(C)=C1. The molecule has 0 saturated carbocycles. The number of benzene rings is 1. The van der Waals surface area contributed by atoms with E-state index >= 15 is 0 Å². The molecule has 1 amide bonds. The molecule has 2 aromatic rings. The first-order valence-corrected chi connectivity index (χ1v) is 12.0. The normalized spacial score (nSPS) is 19.0. The molecule has 4 rings (SSSR count). The fraction of sp³-hybridized carbons (Fsp3) is 0.444. The number of carbonyl (C=O) groups excluding carboxylic acids is 2. The highest BCUT2D eigenvalue weighted by Crippen LogP contribution is 2.33. The molecule has 0 bridgehead atoms. The van der Waals surface area contributed by atoms with Gasteiger partial charge < -0.3 is 15.5 Å². The molecule has 2 N–H and O–H groups in total. The first-order chi connectivity index (χ1) is 16.2. The number of anilines is 1. The third-order valence-electron chi connectivity index (χ3n) is 7.08. The number of carbonyl (C=O) groups is 2. The maximum atomic E-state index is 13.4. The first-order valence-electron chi connectivity index (χ1n) is 12.0. The summed E-state index contributed by atoms with van der Waals surface area (Å²) < 4.78 is 1.77. The summed E-state index contributed by atoms with van der Waals surface area (Å²) in [5, 5.41) is 10.8. The number of hydrogen-bond donors (Lipinski definition) is 2. The van der Waals surface area contributed by atoms with Gasteiger partial charge in [0.05, 0.1) is 12.1 Å². The summed E-state index contributed by atoms with van der Waals surface area (Å²) in [6, 6.07) is 4.52. The summed E-state index contributed by atoms with van der Waals surface area (Å²) in [5.74, 6) is -0.425. The van der Waals surface area contributed by atoms with E-state index in [4.69, 9.17) is 0 Å². The topological polar surface area (TPSA) is 79.3 Å². The molecule has 34 heavy (non-hydrogen) atoms. The summed E-state index contributed by atoms with van der Waals surface area (Å²) >= 11 is 0. The second-order valence-electron chi connectivity index (χ2n) is 9.60. The van der Waals surface area contributed by atoms with Gasteiger partial charge in [-0.25, -0.2) is 0 Å². The average molecular weight is 462 g/mol. The van der Waals surface area contributed by atoms with Crippen LogP contribution in [-0.4, -0.2) is 54.2 Å². The number of allylic oxidation sites excluding steroid dienone is 3. The van der Waals surface area contributed by atoms with Gasteiger partial charge in [0.2, 0.25) is 0 Å². The van der Waals surface area contributed by atoms with E-state index in [9.17, 15) is 9.59 Å². The molecule has 1 fully saturated rings. The quantitative estimate of drug-likeness (QED) is 0.689. The van der Waals surface area contributed by atoms with E-state index < -0.39 is 0 Å². The monoisotopic (exact) mass is 461 g/mol. The molecule has 7 nitrogen and oxygen atoms in total. The van der Waals surface area contributed by atoms with Crippen LogP contribution >= 0.6 is 0 Å². The second kappa shape index (κ2) is 9.97. The number of hydrogen-bond acceptors (Lipinski definition) is 5. The predicted octanol–water partition coefficient (Wildman–Crippen LogP) is 3.41. The number of amides is 1. The van der Waals surface area contributed by atoms with Crippen LogP contribution in [0, 0.1) is 12.8 Å². The van der Waals surface area contributed by atoms with E-state index in [1.54, 1.807) is 10.8 Å². The molecular weight excluding hydrogens is 426 g/mol. The third kappa shape index (κ3) is 4.99. The van der Waals surface area contributed by atoms with Crippen molar-refractivity contribution in [2.75, 3.05) is 31.6 Å². The molecule has 1 unspecified atom stereocenters. The Bertz CT molecular complexity index is 1150. The standard InChI is InChI=1S/C27H35N5O2/c1-17-10-18(2)24(26(33)11-17)15-29-27(34)23-12-20(21-14-30-31(4)16-21)13-25(19(23)3)32(5)22-6-8-28-9-7-22/h10-14,16,22,24,28H,6-9,15H2,1-5H3,(H,29,34). The van der Waals surface area contributed by atoms with Gasteiger partial charge in [-0.15, -0.1) is 0 Å². The van der Waals surface area contributed by atoms with Crippen LogP contribution in [0.1, 0.15) is 42.6 Å². The van der Waals surface area contributed by atoms with Crippen molar-refractivity contribution in [3.05, 3.63) is 59.0 Å². The number of rotatable bonds is 6. The third-order valence-corrected chi connectivity index (χ3v) is 7.08. The smallest absolute Gasteiger partial charge is 0.251 e. The van der Waals surface area contributed by atoms with Crippen molar-refractivity contribution in [2.45, 2.75) is 39.7 Å². The zero-order chi connectivity index (χ0) is 24.4. The van der Waals surface area contributed by atoms with Crippen LogP contribution in [-0.2, 0) is 11.8 Å². The van der Waals surface area contributed by atoms with Crippen LogP contribution in [0.5, 0.6) is 0 Å². The summed E-state index contributed by atoms with van der Waals surface area (Å²) in [6.07, 6.45) is 9.59. The van der Waals surface area contributed by atoms with Gasteiger partial charge in [-0.3, -0.25) is 14.3 Å². The van der Waals surface area contributed by atoms with Gasteiger partial charge in [0.25, 0.3) is 5.91 Å². The predicted molar refractivity (Wildman–Crippen MR) is 136 cm³/mol. The van der Waals surface area contributed by atoms with E-state index in [2.05, 4.69) is 33.7 Å². The minimum absolute atomic E-state index is 0.0463. The van der Waals surface area contributed by atoms with Gasteiger partial charge in [-0.1, -0.05) is 11.6 Å². The lowest BCUT2D eigenvalue weighted by Crippen LogP contribution is -2.41. The molecule has 1 aromatic carbocycles. The molecule has 0 radical (unpaired) electrons. The Labute approximate surface area is 201 Å². The molecule has 1 saturated heterocycles. The van der Waals surface area contributed by atoms with Crippen LogP contribution in [0.15, 0.2) is 47.8 Å². The maximum Gasteiger partial charge on any atom is 0.251 e. The number of aromatic nitrogens is 2. The molecule has 180 valence electrons. The summed E-state index contributed by atoms with van der Waals surface area (Å²) in [6.45, 7) is 8.17. The Morgan fingerprint density at radius 1 is 1.18 bits per heavy atom. The Kier molecular flexibility index (Phi) is 7.03. The minimum Gasteiger partial charge on any atom is -0.371 e. The fourth-order valence-corrected chi connectivity index (χ4v) is 5.03. The highest BCUT2D eigenvalue weighted by Gasteiger charge is 2.25. The molecule has 2 heterocycles. The van der Waals surface area contributed by atoms with Crippen molar-refractivity contribution in [3.8, 4) is 11.1 Å². The van der Waals surface area contributed by atoms with Crippen LogP contribution in [0.25, 0.3) is 11.1 Å². The van der Waals surface area contributed by atoms with Crippen molar-refractivity contribution in [3.63, 3.8) is 0 Å². The average Bonchev–Trinajstić information content (AvgIpc) is 3.24. The number of nitrogens with one attached hydrogen (secondary N) is 2. The Hall–Kier alpha value is -3.19. The van der Waals surface area contributed by atoms with E-state index in [0.717, 1.165) is 59.5 Å². The minimum atomic E-state index is -0.314. The molecule has 1 aliphatic heterocycles. The zero-order valence-corrected chi connectivity index (χ0v) is 20.8. The summed E-state index contributed by atoms with van der Waals surface area (Å²) in [7, 11) is 4.01. The Morgan fingerprint density at radius 2 is 1.91 bits per heavy atom. The zero-order valence-electron chi connectivity index (χ0n) is 20.8. The number of piperidine rings is 1. The van der Waals surface area contributed by atoms with Gasteiger partial charge in [0.15, 0.2) is 5.78 Å². The largest absolute Gasteiger partial charge is 0.371 e. The lowest BCUT2D eigenvalue weighted by atomic mass is 9.88. The van der Waals surface area contributed by atoms with Gasteiger partial charge in [-0.2, -0.15) is 5.10 Å². The molecule has 1 aromatic heterocycles. The molecule has 7 heteroatoms. The van der Waals surface area contributed by atoms with Crippen molar-refractivity contribution < 1.29 is 9.59 Å². The highest BCUT2D eigenvalue weighted by molar-refractivity contribution is 6.00. The lowest BCUT2D eigenvalue weighted by molar-refractivity contribution is -0.117. The maximum absolute atomic E-state index is 13.4. The Balaban J connectivity index is 1.64. The lowest BCUT2D eigenvalue weighted by Gasteiger charge is -2.35. The number of aryl methyl sites for hydroxylation is 1. The van der Waals surface area contributed by atoms with Crippen molar-refractivity contribution in [1.82, 2.24) is 20.4 Å². The molecular formula is C27H35N5O2. The van der Waals surface area contributed by atoms with E-state index in [1.807, 2.05) is 52.4 Å². The second-order valence-corrected chi connectivity index (χ2v) is 9.60. The first kappa shape index (κ1) is 24.0. The van der Waals surface area contributed by atoms with Gasteiger partial charge in [-0.05, 0) is 81.6 Å². The van der Waals surface area contributed by atoms with Crippen molar-refractivity contribution >= 4 is 17.4 Å². The Morgan fingerprint density at radius 3 is 2.56 bits per heavy atom. The molecule has 0 spiro atoms. The van der Waals surface area contributed by atoms with Crippen LogP contribution in [0.4, 0.5) is 5.69 Å². The molecule has 1 atom stereocenters. The number of ketones is 1. The molecule has 2 aliphatic rings. The van der Waals surface area contributed by atoms with Gasteiger partial charge in [0.1, 0.15) is 0 Å². The van der Waals surface area contributed by atoms with Crippen LogP contribution in [0.3, 0.4) is 0 Å².